The van der Waals surface area contributed by atoms with Gasteiger partial charge in [-0.05, 0) is 25.8 Å². The molecule has 1 aliphatic carbocycles. The highest BCUT2D eigenvalue weighted by Gasteiger charge is 2.39. The fraction of sp³-hybridized carbons (Fsp3) is 0.562. The van der Waals surface area contributed by atoms with E-state index >= 15 is 0 Å². The molecule has 124 valence electrons. The van der Waals surface area contributed by atoms with Gasteiger partial charge in [0.1, 0.15) is 0 Å². The smallest absolute Gasteiger partial charge is 0.224 e. The van der Waals surface area contributed by atoms with Crippen molar-refractivity contribution in [3.05, 3.63) is 36.7 Å². The number of imidazole rings is 1. The quantitative estimate of drug-likeness (QED) is 0.892. The maximum Gasteiger partial charge on any atom is 0.224 e. The van der Waals surface area contributed by atoms with Crippen LogP contribution in [0.5, 0.6) is 0 Å². The standard InChI is InChI=1S/C16H23N5O2/c1-12-5-7-18-21(12)9-6-15(22)19(2)13-3-4-14(16(13)23)20-10-8-17-11-20/h5,7-8,10-11,13-14,16,23H,3-4,6,9H2,1-2H3/t13-,14-,16-/m1/s1. The number of rotatable bonds is 5. The zero-order valence-corrected chi connectivity index (χ0v) is 13.5. The van der Waals surface area contributed by atoms with Crippen molar-refractivity contribution >= 4 is 5.91 Å². The third kappa shape index (κ3) is 3.14. The van der Waals surface area contributed by atoms with E-state index in [2.05, 4.69) is 10.1 Å². The summed E-state index contributed by atoms with van der Waals surface area (Å²) < 4.78 is 3.75. The number of hydrogen-bond donors (Lipinski definition) is 1. The summed E-state index contributed by atoms with van der Waals surface area (Å²) in [6.45, 7) is 2.54. The normalized spacial score (nSPS) is 24.0. The van der Waals surface area contributed by atoms with Gasteiger partial charge in [0.25, 0.3) is 0 Å². The Morgan fingerprint density at radius 3 is 2.91 bits per heavy atom. The topological polar surface area (TPSA) is 76.2 Å². The lowest BCUT2D eigenvalue weighted by Crippen LogP contribution is -2.43. The van der Waals surface area contributed by atoms with E-state index in [1.165, 1.54) is 0 Å². The third-order valence-electron chi connectivity index (χ3n) is 4.81. The number of aryl methyl sites for hydroxylation is 2. The predicted octanol–water partition coefficient (Wildman–Crippen LogP) is 1.00. The van der Waals surface area contributed by atoms with E-state index in [1.807, 2.05) is 28.4 Å². The van der Waals surface area contributed by atoms with Crippen molar-refractivity contribution in [2.24, 2.45) is 0 Å². The first-order valence-electron chi connectivity index (χ1n) is 7.97. The van der Waals surface area contributed by atoms with Gasteiger partial charge in [-0.1, -0.05) is 0 Å². The molecule has 1 N–H and O–H groups in total. The molecule has 0 saturated heterocycles. The number of aliphatic hydroxyl groups excluding tert-OH is 1. The third-order valence-corrected chi connectivity index (χ3v) is 4.81. The number of aromatic nitrogens is 4. The molecule has 0 aromatic carbocycles. The minimum Gasteiger partial charge on any atom is -0.389 e. The van der Waals surface area contributed by atoms with Crippen LogP contribution in [0.3, 0.4) is 0 Å². The van der Waals surface area contributed by atoms with Crippen LogP contribution in [0.1, 0.15) is 31.0 Å². The summed E-state index contributed by atoms with van der Waals surface area (Å²) in [5, 5.41) is 14.8. The van der Waals surface area contributed by atoms with Gasteiger partial charge in [-0.25, -0.2) is 4.98 Å². The molecule has 2 aromatic heterocycles. The van der Waals surface area contributed by atoms with Gasteiger partial charge in [0.2, 0.25) is 5.91 Å². The fourth-order valence-electron chi connectivity index (χ4n) is 3.35. The first-order chi connectivity index (χ1) is 11.1. The first kappa shape index (κ1) is 15.7. The molecule has 0 aliphatic heterocycles. The maximum atomic E-state index is 12.4. The van der Waals surface area contributed by atoms with Crippen molar-refractivity contribution in [1.82, 2.24) is 24.2 Å². The monoisotopic (exact) mass is 317 g/mol. The van der Waals surface area contributed by atoms with E-state index in [1.54, 1.807) is 30.7 Å². The largest absolute Gasteiger partial charge is 0.389 e. The van der Waals surface area contributed by atoms with Crippen molar-refractivity contribution in [3.8, 4) is 0 Å². The molecule has 1 amide bonds. The molecule has 7 heteroatoms. The lowest BCUT2D eigenvalue weighted by molar-refractivity contribution is -0.134. The summed E-state index contributed by atoms with van der Waals surface area (Å²) in [6.07, 6.45) is 8.49. The molecule has 3 atom stereocenters. The SMILES string of the molecule is Cc1ccnn1CCC(=O)N(C)[C@@H]1CC[C@@H](n2ccnc2)[C@@H]1O. The van der Waals surface area contributed by atoms with Crippen LogP contribution >= 0.6 is 0 Å². The van der Waals surface area contributed by atoms with Gasteiger partial charge in [-0.3, -0.25) is 9.48 Å². The van der Waals surface area contributed by atoms with Crippen LogP contribution in [0.25, 0.3) is 0 Å². The minimum atomic E-state index is -0.565. The summed E-state index contributed by atoms with van der Waals surface area (Å²) in [7, 11) is 1.78. The van der Waals surface area contributed by atoms with E-state index in [4.69, 9.17) is 0 Å². The average Bonchev–Trinajstić information content (AvgIpc) is 3.25. The Labute approximate surface area is 135 Å². The number of carbonyl (C=O) groups is 1. The van der Waals surface area contributed by atoms with E-state index in [0.717, 1.165) is 18.5 Å². The molecule has 1 saturated carbocycles. The lowest BCUT2D eigenvalue weighted by Gasteiger charge is -2.29. The number of likely N-dealkylation sites (N-methyl/N-ethyl adjacent to an activating group) is 1. The number of hydrogen-bond acceptors (Lipinski definition) is 4. The molecule has 0 radical (unpaired) electrons. The predicted molar refractivity (Wildman–Crippen MR) is 84.6 cm³/mol. The Hall–Kier alpha value is -2.15. The Morgan fingerprint density at radius 1 is 1.43 bits per heavy atom. The zero-order valence-electron chi connectivity index (χ0n) is 13.5. The van der Waals surface area contributed by atoms with Crippen LogP contribution in [0.4, 0.5) is 0 Å². The van der Waals surface area contributed by atoms with Gasteiger partial charge in [-0.15, -0.1) is 0 Å². The molecule has 0 unspecified atom stereocenters. The summed E-state index contributed by atoms with van der Waals surface area (Å²) in [5.41, 5.74) is 1.04. The van der Waals surface area contributed by atoms with Gasteiger partial charge < -0.3 is 14.6 Å². The molecule has 1 aliphatic rings. The van der Waals surface area contributed by atoms with Crippen LogP contribution in [0.2, 0.25) is 0 Å². The molecular formula is C16H23N5O2. The lowest BCUT2D eigenvalue weighted by atomic mass is 10.1. The molecule has 0 bridgehead atoms. The van der Waals surface area contributed by atoms with Crippen LogP contribution in [0, 0.1) is 6.92 Å². The summed E-state index contributed by atoms with van der Waals surface area (Å²) in [5.74, 6) is 0.0373. The van der Waals surface area contributed by atoms with Crippen LogP contribution in [0.15, 0.2) is 31.0 Å². The Balaban J connectivity index is 1.58. The van der Waals surface area contributed by atoms with Crippen LogP contribution < -0.4 is 0 Å². The van der Waals surface area contributed by atoms with Crippen molar-refractivity contribution in [2.75, 3.05) is 7.05 Å². The van der Waals surface area contributed by atoms with Gasteiger partial charge >= 0.3 is 0 Å². The van der Waals surface area contributed by atoms with Crippen molar-refractivity contribution in [3.63, 3.8) is 0 Å². The minimum absolute atomic E-state index is 0.00823. The summed E-state index contributed by atoms with van der Waals surface area (Å²) in [4.78, 5) is 18.2. The highest BCUT2D eigenvalue weighted by molar-refractivity contribution is 5.76. The first-order valence-corrected chi connectivity index (χ1v) is 7.97. The number of amides is 1. The maximum absolute atomic E-state index is 12.4. The Morgan fingerprint density at radius 2 is 2.26 bits per heavy atom. The van der Waals surface area contributed by atoms with E-state index in [-0.39, 0.29) is 18.0 Å². The van der Waals surface area contributed by atoms with E-state index in [9.17, 15) is 9.90 Å². The average molecular weight is 317 g/mol. The fourth-order valence-corrected chi connectivity index (χ4v) is 3.35. The molecule has 23 heavy (non-hydrogen) atoms. The highest BCUT2D eigenvalue weighted by Crippen LogP contribution is 2.33. The van der Waals surface area contributed by atoms with Crippen LogP contribution in [-0.2, 0) is 11.3 Å². The second-order valence-corrected chi connectivity index (χ2v) is 6.16. The summed E-state index contributed by atoms with van der Waals surface area (Å²) >= 11 is 0. The van der Waals surface area contributed by atoms with Crippen molar-refractivity contribution in [2.45, 2.75) is 50.9 Å². The van der Waals surface area contributed by atoms with Gasteiger partial charge in [-0.2, -0.15) is 5.10 Å². The molecule has 2 aromatic rings. The van der Waals surface area contributed by atoms with E-state index in [0.29, 0.717) is 13.0 Å². The van der Waals surface area contributed by atoms with Crippen molar-refractivity contribution < 1.29 is 9.90 Å². The van der Waals surface area contributed by atoms with Gasteiger partial charge in [0.15, 0.2) is 0 Å². The molecule has 7 nitrogen and oxygen atoms in total. The Kier molecular flexibility index (Phi) is 4.47. The molecule has 2 heterocycles. The molecule has 1 fully saturated rings. The second kappa shape index (κ2) is 6.54. The van der Waals surface area contributed by atoms with Crippen LogP contribution in [-0.4, -0.2) is 54.4 Å². The second-order valence-electron chi connectivity index (χ2n) is 6.16. The number of nitrogens with zero attached hydrogens (tertiary/aromatic N) is 5. The number of carbonyl (C=O) groups excluding carboxylic acids is 1. The molecular weight excluding hydrogens is 294 g/mol. The number of aliphatic hydroxyl groups is 1. The van der Waals surface area contributed by atoms with E-state index < -0.39 is 6.10 Å². The van der Waals surface area contributed by atoms with Gasteiger partial charge in [0, 0.05) is 44.3 Å². The Bertz CT molecular complexity index is 651. The highest BCUT2D eigenvalue weighted by atomic mass is 16.3. The molecule has 3 rings (SSSR count). The van der Waals surface area contributed by atoms with Crippen molar-refractivity contribution in [1.29, 1.82) is 0 Å². The zero-order chi connectivity index (χ0) is 16.4. The summed E-state index contributed by atoms with van der Waals surface area (Å²) in [6, 6.07) is 1.77. The van der Waals surface area contributed by atoms with Gasteiger partial charge in [0.05, 0.1) is 24.5 Å². The molecule has 0 spiro atoms.